The largest absolute Gasteiger partial charge is 0.410 e. The Morgan fingerprint density at radius 2 is 2.16 bits per heavy atom. The standard InChI is InChI=1S/C23H24N4O2S3/c1-13-8-9-17-15(10-13)11-19(31-17)21-25-26-23(29-21)30-12-20(28)27(3)14(2)22-24-16-6-4-5-7-18(16)32-22/h4-7,11,13-14H,8-10,12H2,1-3H3/t13-,14+/m0/s1. The van der Waals surface area contributed by atoms with Crippen molar-refractivity contribution in [2.45, 2.75) is 44.4 Å². The Kier molecular flexibility index (Phi) is 6.05. The van der Waals surface area contributed by atoms with Crippen molar-refractivity contribution in [1.29, 1.82) is 0 Å². The summed E-state index contributed by atoms with van der Waals surface area (Å²) in [6, 6.07) is 10.1. The van der Waals surface area contributed by atoms with Crippen molar-refractivity contribution in [3.05, 3.63) is 45.8 Å². The van der Waals surface area contributed by atoms with E-state index >= 15 is 0 Å². The maximum Gasteiger partial charge on any atom is 0.277 e. The number of rotatable bonds is 6. The maximum atomic E-state index is 12.8. The lowest BCUT2D eigenvalue weighted by molar-refractivity contribution is -0.128. The van der Waals surface area contributed by atoms with Crippen molar-refractivity contribution in [3.8, 4) is 10.8 Å². The molecule has 4 aromatic rings. The Morgan fingerprint density at radius 1 is 1.31 bits per heavy atom. The number of para-hydroxylation sites is 1. The molecule has 0 aliphatic heterocycles. The summed E-state index contributed by atoms with van der Waals surface area (Å²) in [5.41, 5.74) is 2.38. The highest BCUT2D eigenvalue weighted by molar-refractivity contribution is 7.99. The molecule has 2 atom stereocenters. The van der Waals surface area contributed by atoms with Crippen LogP contribution in [0.25, 0.3) is 21.0 Å². The van der Waals surface area contributed by atoms with Crippen molar-refractivity contribution >= 4 is 50.6 Å². The van der Waals surface area contributed by atoms with Crippen molar-refractivity contribution < 1.29 is 9.21 Å². The van der Waals surface area contributed by atoms with E-state index < -0.39 is 0 Å². The van der Waals surface area contributed by atoms with E-state index in [1.54, 1.807) is 27.6 Å². The molecule has 166 valence electrons. The van der Waals surface area contributed by atoms with Crippen molar-refractivity contribution in [1.82, 2.24) is 20.1 Å². The number of aromatic nitrogens is 3. The van der Waals surface area contributed by atoms with E-state index in [1.807, 2.05) is 32.2 Å². The third-order valence-corrected chi connectivity index (χ3v) is 9.14. The smallest absolute Gasteiger partial charge is 0.277 e. The lowest BCUT2D eigenvalue weighted by Gasteiger charge is -2.22. The fraction of sp³-hybridized carbons (Fsp3) is 0.391. The summed E-state index contributed by atoms with van der Waals surface area (Å²) < 4.78 is 6.99. The third-order valence-electron chi connectivity index (χ3n) is 5.91. The first-order chi connectivity index (χ1) is 15.5. The van der Waals surface area contributed by atoms with Crippen LogP contribution >= 0.6 is 34.4 Å². The van der Waals surface area contributed by atoms with E-state index in [2.05, 4.69) is 34.2 Å². The molecule has 1 aromatic carbocycles. The summed E-state index contributed by atoms with van der Waals surface area (Å²) in [4.78, 5) is 21.7. The van der Waals surface area contributed by atoms with Crippen LogP contribution in [0.5, 0.6) is 0 Å². The van der Waals surface area contributed by atoms with Crippen LogP contribution in [-0.4, -0.2) is 38.8 Å². The SMILES string of the molecule is C[C@H]1CCc2sc(-c3nnc(SCC(=O)N(C)[C@H](C)c4nc5ccccc5s4)o3)cc2C1. The average Bonchev–Trinajstić information content (AvgIpc) is 3.53. The molecule has 3 aromatic heterocycles. The van der Waals surface area contributed by atoms with E-state index in [-0.39, 0.29) is 17.7 Å². The topological polar surface area (TPSA) is 72.1 Å². The van der Waals surface area contributed by atoms with Crippen LogP contribution in [0, 0.1) is 5.92 Å². The van der Waals surface area contributed by atoms with Crippen LogP contribution in [0.3, 0.4) is 0 Å². The number of hydrogen-bond donors (Lipinski definition) is 0. The minimum absolute atomic E-state index is 0.00193. The van der Waals surface area contributed by atoms with Gasteiger partial charge in [0.2, 0.25) is 5.91 Å². The second-order valence-corrected chi connectivity index (χ2v) is 11.4. The Hall–Kier alpha value is -2.23. The molecule has 0 bridgehead atoms. The first-order valence-corrected chi connectivity index (χ1v) is 13.3. The summed E-state index contributed by atoms with van der Waals surface area (Å²) >= 11 is 4.66. The first-order valence-electron chi connectivity index (χ1n) is 10.7. The van der Waals surface area contributed by atoms with E-state index in [1.165, 1.54) is 28.6 Å². The molecule has 3 heterocycles. The van der Waals surface area contributed by atoms with Gasteiger partial charge in [-0.1, -0.05) is 30.8 Å². The number of aryl methyl sites for hydroxylation is 1. The van der Waals surface area contributed by atoms with Gasteiger partial charge in [0.25, 0.3) is 11.1 Å². The number of thioether (sulfide) groups is 1. The fourth-order valence-electron chi connectivity index (χ4n) is 3.85. The Morgan fingerprint density at radius 3 is 3.00 bits per heavy atom. The molecular weight excluding hydrogens is 460 g/mol. The molecule has 1 aliphatic carbocycles. The van der Waals surface area contributed by atoms with Crippen LogP contribution in [-0.2, 0) is 17.6 Å². The molecule has 0 unspecified atom stereocenters. The van der Waals surface area contributed by atoms with Crippen LogP contribution in [0.1, 0.15) is 41.8 Å². The highest BCUT2D eigenvalue weighted by Gasteiger charge is 2.23. The predicted molar refractivity (Wildman–Crippen MR) is 130 cm³/mol. The maximum absolute atomic E-state index is 12.8. The number of amides is 1. The predicted octanol–water partition coefficient (Wildman–Crippen LogP) is 5.84. The molecule has 1 amide bonds. The number of nitrogens with zero attached hydrogens (tertiary/aromatic N) is 4. The van der Waals surface area contributed by atoms with E-state index in [4.69, 9.17) is 4.42 Å². The van der Waals surface area contributed by atoms with Gasteiger partial charge < -0.3 is 9.32 Å². The second kappa shape index (κ2) is 8.96. The second-order valence-electron chi connectivity index (χ2n) is 8.27. The highest BCUT2D eigenvalue weighted by atomic mass is 32.2. The number of carbonyl (C=O) groups is 1. The van der Waals surface area contributed by atoms with Gasteiger partial charge in [-0.25, -0.2) is 4.98 Å². The van der Waals surface area contributed by atoms with Gasteiger partial charge >= 0.3 is 0 Å². The number of fused-ring (bicyclic) bond motifs is 2. The fourth-order valence-corrected chi connectivity index (χ4v) is 6.73. The molecule has 0 fully saturated rings. The van der Waals surface area contributed by atoms with E-state index in [0.29, 0.717) is 11.1 Å². The highest BCUT2D eigenvalue weighted by Crippen LogP contribution is 2.37. The number of benzene rings is 1. The molecule has 5 rings (SSSR count). The third kappa shape index (κ3) is 4.33. The van der Waals surface area contributed by atoms with Crippen LogP contribution in [0.15, 0.2) is 40.0 Å². The molecule has 0 saturated heterocycles. The summed E-state index contributed by atoms with van der Waals surface area (Å²) in [7, 11) is 1.82. The van der Waals surface area contributed by atoms with Crippen molar-refractivity contribution in [2.75, 3.05) is 12.8 Å². The Bertz CT molecular complexity index is 1230. The minimum Gasteiger partial charge on any atom is -0.410 e. The van der Waals surface area contributed by atoms with Gasteiger partial charge in [-0.15, -0.1) is 32.9 Å². The number of hydrogen-bond acceptors (Lipinski definition) is 8. The molecule has 32 heavy (non-hydrogen) atoms. The normalized spacial score (nSPS) is 16.8. The van der Waals surface area contributed by atoms with E-state index in [0.717, 1.165) is 38.9 Å². The molecule has 0 N–H and O–H groups in total. The average molecular weight is 485 g/mol. The van der Waals surface area contributed by atoms with E-state index in [9.17, 15) is 4.79 Å². The van der Waals surface area contributed by atoms with Crippen molar-refractivity contribution in [3.63, 3.8) is 0 Å². The molecule has 0 saturated carbocycles. The molecule has 0 spiro atoms. The monoisotopic (exact) mass is 484 g/mol. The molecule has 9 heteroatoms. The lowest BCUT2D eigenvalue weighted by atomic mass is 9.90. The zero-order chi connectivity index (χ0) is 22.2. The van der Waals surface area contributed by atoms with Gasteiger partial charge in [-0.05, 0) is 55.9 Å². The molecular formula is C23H24N4O2S3. The molecule has 1 aliphatic rings. The van der Waals surface area contributed by atoms with Crippen LogP contribution in [0.4, 0.5) is 0 Å². The molecule has 6 nitrogen and oxygen atoms in total. The zero-order valence-electron chi connectivity index (χ0n) is 18.2. The van der Waals surface area contributed by atoms with Crippen LogP contribution < -0.4 is 0 Å². The summed E-state index contributed by atoms with van der Waals surface area (Å²) in [5, 5.41) is 9.73. The van der Waals surface area contributed by atoms with Gasteiger partial charge in [-0.2, -0.15) is 0 Å². The van der Waals surface area contributed by atoms with Gasteiger partial charge in [0, 0.05) is 11.9 Å². The number of carbonyl (C=O) groups excluding carboxylic acids is 1. The molecule has 0 radical (unpaired) electrons. The minimum atomic E-state index is -0.0985. The lowest BCUT2D eigenvalue weighted by Crippen LogP contribution is -2.31. The summed E-state index contributed by atoms with van der Waals surface area (Å²) in [5.74, 6) is 1.52. The van der Waals surface area contributed by atoms with Gasteiger partial charge in [0.05, 0.1) is 26.9 Å². The summed E-state index contributed by atoms with van der Waals surface area (Å²) in [6.07, 6.45) is 3.49. The number of thiazole rings is 1. The Labute approximate surface area is 199 Å². The number of thiophene rings is 1. The quantitative estimate of drug-likeness (QED) is 0.320. The van der Waals surface area contributed by atoms with Gasteiger partial charge in [-0.3, -0.25) is 4.79 Å². The van der Waals surface area contributed by atoms with Crippen LogP contribution in [0.2, 0.25) is 0 Å². The first kappa shape index (κ1) is 21.6. The Balaban J connectivity index is 1.21. The van der Waals surface area contributed by atoms with Gasteiger partial charge in [0.15, 0.2) is 0 Å². The van der Waals surface area contributed by atoms with Crippen molar-refractivity contribution in [2.24, 2.45) is 5.92 Å². The van der Waals surface area contributed by atoms with Gasteiger partial charge in [0.1, 0.15) is 5.01 Å². The zero-order valence-corrected chi connectivity index (χ0v) is 20.6. The summed E-state index contributed by atoms with van der Waals surface area (Å²) in [6.45, 7) is 4.30.